The van der Waals surface area contributed by atoms with Crippen molar-refractivity contribution < 1.29 is 4.79 Å². The van der Waals surface area contributed by atoms with Crippen LogP contribution >= 0.6 is 23.5 Å². The lowest BCUT2D eigenvalue weighted by molar-refractivity contribution is 0.102. The number of rotatable bonds is 3. The summed E-state index contributed by atoms with van der Waals surface area (Å²) in [7, 11) is 0. The zero-order valence-electron chi connectivity index (χ0n) is 13.3. The maximum Gasteiger partial charge on any atom is 0.256 e. The first-order chi connectivity index (χ1) is 12.2. The molecular weight excluding hydrogens is 352 g/mol. The smallest absolute Gasteiger partial charge is 0.256 e. The molecule has 4 nitrogen and oxygen atoms in total. The van der Waals surface area contributed by atoms with E-state index in [-0.39, 0.29) is 11.5 Å². The SMILES string of the molecule is O=C(Nc1cccc(C2SCCS2)c1)c1cc(=O)[nH]c2ccccc12. The van der Waals surface area contributed by atoms with Crippen LogP contribution in [0.4, 0.5) is 5.69 Å². The number of benzene rings is 2. The van der Waals surface area contributed by atoms with Gasteiger partial charge in [0, 0.05) is 34.2 Å². The summed E-state index contributed by atoms with van der Waals surface area (Å²) in [6.07, 6.45) is 0. The van der Waals surface area contributed by atoms with E-state index in [2.05, 4.69) is 16.4 Å². The van der Waals surface area contributed by atoms with Crippen LogP contribution in [0.2, 0.25) is 0 Å². The first-order valence-electron chi connectivity index (χ1n) is 7.97. The predicted molar refractivity (Wildman–Crippen MR) is 107 cm³/mol. The van der Waals surface area contributed by atoms with Crippen LogP contribution in [0.1, 0.15) is 20.5 Å². The molecule has 1 aliphatic heterocycles. The number of amides is 1. The number of nitrogens with one attached hydrogen (secondary N) is 2. The highest BCUT2D eigenvalue weighted by molar-refractivity contribution is 8.19. The van der Waals surface area contributed by atoms with Gasteiger partial charge in [-0.2, -0.15) is 0 Å². The molecule has 25 heavy (non-hydrogen) atoms. The van der Waals surface area contributed by atoms with Gasteiger partial charge in [-0.05, 0) is 23.8 Å². The van der Waals surface area contributed by atoms with E-state index in [0.717, 1.165) is 22.6 Å². The fourth-order valence-corrected chi connectivity index (χ4v) is 5.74. The van der Waals surface area contributed by atoms with Crippen molar-refractivity contribution in [2.24, 2.45) is 0 Å². The first kappa shape index (κ1) is 16.3. The molecule has 4 rings (SSSR count). The minimum Gasteiger partial charge on any atom is -0.322 e. The molecule has 0 unspecified atom stereocenters. The summed E-state index contributed by atoms with van der Waals surface area (Å²) in [5, 5.41) is 3.67. The van der Waals surface area contributed by atoms with E-state index in [0.29, 0.717) is 15.7 Å². The average Bonchev–Trinajstić information content (AvgIpc) is 3.16. The molecule has 0 radical (unpaired) electrons. The Morgan fingerprint density at radius 1 is 1.04 bits per heavy atom. The molecule has 0 spiro atoms. The van der Waals surface area contributed by atoms with Crippen molar-refractivity contribution in [2.45, 2.75) is 4.58 Å². The van der Waals surface area contributed by atoms with Gasteiger partial charge in [-0.3, -0.25) is 9.59 Å². The minimum atomic E-state index is -0.281. The van der Waals surface area contributed by atoms with Crippen molar-refractivity contribution in [1.29, 1.82) is 0 Å². The van der Waals surface area contributed by atoms with Gasteiger partial charge in [-0.25, -0.2) is 0 Å². The molecule has 1 fully saturated rings. The summed E-state index contributed by atoms with van der Waals surface area (Å²) in [5.74, 6) is 2.04. The maximum absolute atomic E-state index is 12.7. The van der Waals surface area contributed by atoms with Gasteiger partial charge in [0.05, 0.1) is 10.1 Å². The summed E-state index contributed by atoms with van der Waals surface area (Å²) < 4.78 is 0.428. The highest BCUT2D eigenvalue weighted by Gasteiger charge is 2.19. The molecule has 1 aliphatic rings. The number of hydrogen-bond acceptors (Lipinski definition) is 4. The third-order valence-electron chi connectivity index (χ3n) is 4.03. The number of aromatic nitrogens is 1. The van der Waals surface area contributed by atoms with Gasteiger partial charge in [-0.15, -0.1) is 23.5 Å². The molecule has 1 saturated heterocycles. The Labute approximate surface area is 153 Å². The van der Waals surface area contributed by atoms with E-state index in [1.807, 2.05) is 59.9 Å². The van der Waals surface area contributed by atoms with E-state index < -0.39 is 0 Å². The molecule has 1 aromatic heterocycles. The fraction of sp³-hybridized carbons (Fsp3) is 0.158. The largest absolute Gasteiger partial charge is 0.322 e. The monoisotopic (exact) mass is 368 g/mol. The average molecular weight is 368 g/mol. The van der Waals surface area contributed by atoms with Crippen molar-refractivity contribution in [2.75, 3.05) is 16.8 Å². The fourth-order valence-electron chi connectivity index (χ4n) is 2.90. The van der Waals surface area contributed by atoms with Crippen molar-refractivity contribution in [3.63, 3.8) is 0 Å². The molecule has 0 saturated carbocycles. The van der Waals surface area contributed by atoms with Crippen LogP contribution in [0, 0.1) is 0 Å². The topological polar surface area (TPSA) is 62.0 Å². The summed E-state index contributed by atoms with van der Waals surface area (Å²) in [6.45, 7) is 0. The maximum atomic E-state index is 12.7. The van der Waals surface area contributed by atoms with Gasteiger partial charge < -0.3 is 10.3 Å². The number of aromatic amines is 1. The second-order valence-electron chi connectivity index (χ2n) is 5.75. The van der Waals surface area contributed by atoms with E-state index in [1.54, 1.807) is 6.07 Å². The van der Waals surface area contributed by atoms with Crippen LogP contribution < -0.4 is 10.9 Å². The highest BCUT2D eigenvalue weighted by atomic mass is 32.2. The molecule has 0 aliphatic carbocycles. The van der Waals surface area contributed by atoms with Gasteiger partial charge in [-0.1, -0.05) is 30.3 Å². The lowest BCUT2D eigenvalue weighted by Crippen LogP contribution is -2.17. The molecule has 0 bridgehead atoms. The van der Waals surface area contributed by atoms with E-state index in [9.17, 15) is 9.59 Å². The number of hydrogen-bond donors (Lipinski definition) is 2. The minimum absolute atomic E-state index is 0.272. The molecule has 0 atom stereocenters. The summed E-state index contributed by atoms with van der Waals surface area (Å²) in [6, 6.07) is 16.6. The van der Waals surface area contributed by atoms with Crippen LogP contribution in [-0.4, -0.2) is 22.4 Å². The van der Waals surface area contributed by atoms with E-state index in [1.165, 1.54) is 11.6 Å². The predicted octanol–water partition coefficient (Wildman–Crippen LogP) is 4.26. The lowest BCUT2D eigenvalue weighted by atomic mass is 10.1. The van der Waals surface area contributed by atoms with Gasteiger partial charge >= 0.3 is 0 Å². The van der Waals surface area contributed by atoms with Crippen LogP contribution in [0.5, 0.6) is 0 Å². The third kappa shape index (κ3) is 3.45. The van der Waals surface area contributed by atoms with Crippen LogP contribution in [0.15, 0.2) is 59.4 Å². The number of fused-ring (bicyclic) bond motifs is 1. The van der Waals surface area contributed by atoms with Gasteiger partial charge in [0.25, 0.3) is 5.91 Å². The van der Waals surface area contributed by atoms with E-state index >= 15 is 0 Å². The number of anilines is 1. The summed E-state index contributed by atoms with van der Waals surface area (Å²) >= 11 is 3.86. The zero-order valence-corrected chi connectivity index (χ0v) is 15.0. The number of H-pyrrole nitrogens is 1. The number of pyridine rings is 1. The highest BCUT2D eigenvalue weighted by Crippen LogP contribution is 2.45. The van der Waals surface area contributed by atoms with Crippen LogP contribution in [0.25, 0.3) is 10.9 Å². The standard InChI is InChI=1S/C19H16N2O2S2/c22-17-11-15(14-6-1-2-7-16(14)21-17)18(23)20-13-5-3-4-12(10-13)19-24-8-9-25-19/h1-7,10-11,19H,8-9H2,(H,20,23)(H,21,22). The normalized spacial score (nSPS) is 14.7. The Balaban J connectivity index is 1.64. The van der Waals surface area contributed by atoms with Crippen LogP contribution in [-0.2, 0) is 0 Å². The quantitative estimate of drug-likeness (QED) is 0.725. The lowest BCUT2D eigenvalue weighted by Gasteiger charge is -2.12. The molecule has 2 N–H and O–H groups in total. The summed E-state index contributed by atoms with van der Waals surface area (Å²) in [5.41, 5.74) is 2.72. The van der Waals surface area contributed by atoms with Crippen molar-refractivity contribution in [3.05, 3.63) is 76.1 Å². The summed E-state index contributed by atoms with van der Waals surface area (Å²) in [4.78, 5) is 27.3. The first-order valence-corrected chi connectivity index (χ1v) is 10.1. The number of carbonyl (C=O) groups excluding carboxylic acids is 1. The van der Waals surface area contributed by atoms with E-state index in [4.69, 9.17) is 0 Å². The van der Waals surface area contributed by atoms with Gasteiger partial charge in [0.2, 0.25) is 5.56 Å². The van der Waals surface area contributed by atoms with Crippen molar-refractivity contribution in [3.8, 4) is 0 Å². The van der Waals surface area contributed by atoms with Gasteiger partial charge in [0.1, 0.15) is 0 Å². The molecule has 2 heterocycles. The molecule has 1 amide bonds. The zero-order chi connectivity index (χ0) is 17.2. The Morgan fingerprint density at radius 2 is 1.84 bits per heavy atom. The van der Waals surface area contributed by atoms with Crippen molar-refractivity contribution >= 4 is 46.0 Å². The Hall–Kier alpha value is -2.18. The third-order valence-corrected chi connectivity index (χ3v) is 7.14. The molecule has 2 aromatic carbocycles. The van der Waals surface area contributed by atoms with Gasteiger partial charge in [0.15, 0.2) is 0 Å². The van der Waals surface area contributed by atoms with Crippen LogP contribution in [0.3, 0.4) is 0 Å². The second-order valence-corrected chi connectivity index (χ2v) is 8.47. The number of thioether (sulfide) groups is 2. The Kier molecular flexibility index (Phi) is 4.55. The Bertz CT molecular complexity index is 994. The Morgan fingerprint density at radius 3 is 2.68 bits per heavy atom. The molecule has 126 valence electrons. The number of carbonyl (C=O) groups is 1. The molecule has 3 aromatic rings. The number of para-hydroxylation sites is 1. The second kappa shape index (κ2) is 6.98. The molecular formula is C19H16N2O2S2. The molecule has 6 heteroatoms. The van der Waals surface area contributed by atoms with Crippen molar-refractivity contribution in [1.82, 2.24) is 4.98 Å².